The molecule has 0 aliphatic carbocycles. The standard InChI is InChI=1S/C29H26F3N7O/c1-40-25-13-12-23(39-28(29(30,31)32)34-35-36-39)16-22(25)17-37-18-24(38-15-14-33-26(38)19-37)27(20-8-4-2-5-9-20)21-10-6-3-7-11-21/h2-16,24,27H,17-19H2,1H3. The number of hydrogen-bond donors (Lipinski definition) is 0. The molecule has 0 amide bonds. The lowest BCUT2D eigenvalue weighted by Crippen LogP contribution is -2.39. The van der Waals surface area contributed by atoms with Gasteiger partial charge in [0.1, 0.15) is 11.6 Å². The fraction of sp³-hybridized carbons (Fsp3) is 0.241. The maximum Gasteiger partial charge on any atom is 0.453 e. The van der Waals surface area contributed by atoms with E-state index in [-0.39, 0.29) is 17.6 Å². The van der Waals surface area contributed by atoms with Gasteiger partial charge in [-0.05, 0) is 39.8 Å². The number of halogens is 3. The highest BCUT2D eigenvalue weighted by atomic mass is 19.4. The molecule has 0 spiro atoms. The maximum atomic E-state index is 13.5. The molecule has 0 saturated heterocycles. The van der Waals surface area contributed by atoms with Gasteiger partial charge in [-0.1, -0.05) is 60.7 Å². The van der Waals surface area contributed by atoms with Crippen LogP contribution in [0.4, 0.5) is 13.2 Å². The Balaban J connectivity index is 1.36. The Morgan fingerprint density at radius 2 is 1.68 bits per heavy atom. The molecule has 0 fully saturated rings. The minimum absolute atomic E-state index is 0.0292. The average molecular weight is 546 g/mol. The zero-order valence-corrected chi connectivity index (χ0v) is 21.6. The molecular weight excluding hydrogens is 519 g/mol. The first kappa shape index (κ1) is 25.8. The van der Waals surface area contributed by atoms with E-state index >= 15 is 0 Å². The number of nitrogens with zero attached hydrogens (tertiary/aromatic N) is 7. The van der Waals surface area contributed by atoms with Crippen LogP contribution in [0.25, 0.3) is 5.69 Å². The summed E-state index contributed by atoms with van der Waals surface area (Å²) >= 11 is 0. The Morgan fingerprint density at radius 3 is 2.33 bits per heavy atom. The van der Waals surface area contributed by atoms with Gasteiger partial charge < -0.3 is 9.30 Å². The second-order valence-corrected chi connectivity index (χ2v) is 9.69. The number of aromatic nitrogens is 6. The van der Waals surface area contributed by atoms with Crippen LogP contribution >= 0.6 is 0 Å². The van der Waals surface area contributed by atoms with Gasteiger partial charge in [0, 0.05) is 37.0 Å². The molecule has 8 nitrogen and oxygen atoms in total. The highest BCUT2D eigenvalue weighted by Gasteiger charge is 2.39. The molecule has 11 heteroatoms. The highest BCUT2D eigenvalue weighted by Crippen LogP contribution is 2.39. The number of imidazole rings is 1. The summed E-state index contributed by atoms with van der Waals surface area (Å²) in [6, 6.07) is 25.6. The predicted molar refractivity (Wildman–Crippen MR) is 141 cm³/mol. The molecule has 3 aromatic carbocycles. The van der Waals surface area contributed by atoms with E-state index in [1.165, 1.54) is 17.2 Å². The van der Waals surface area contributed by atoms with Crippen molar-refractivity contribution in [3.63, 3.8) is 0 Å². The largest absolute Gasteiger partial charge is 0.496 e. The molecule has 1 unspecified atom stereocenters. The molecule has 1 aliphatic heterocycles. The SMILES string of the molecule is COc1ccc(-n2nnnc2C(F)(F)F)cc1CN1Cc2nccn2C(C(c2ccccc2)c2ccccc2)C1. The van der Waals surface area contributed by atoms with Crippen molar-refractivity contribution < 1.29 is 17.9 Å². The quantitative estimate of drug-likeness (QED) is 0.277. The smallest absolute Gasteiger partial charge is 0.453 e. The molecule has 0 bridgehead atoms. The van der Waals surface area contributed by atoms with Gasteiger partial charge in [-0.15, -0.1) is 5.10 Å². The van der Waals surface area contributed by atoms with Crippen LogP contribution in [0.5, 0.6) is 5.75 Å². The van der Waals surface area contributed by atoms with Crippen molar-refractivity contribution in [3.05, 3.63) is 120 Å². The first-order valence-corrected chi connectivity index (χ1v) is 12.8. The second-order valence-electron chi connectivity index (χ2n) is 9.69. The van der Waals surface area contributed by atoms with Crippen molar-refractivity contribution in [1.29, 1.82) is 0 Å². The number of hydrogen-bond acceptors (Lipinski definition) is 6. The lowest BCUT2D eigenvalue weighted by molar-refractivity contribution is -0.146. The zero-order valence-electron chi connectivity index (χ0n) is 21.6. The molecule has 6 rings (SSSR count). The number of methoxy groups -OCH3 is 1. The Labute approximate surface area is 228 Å². The Morgan fingerprint density at radius 1 is 0.975 bits per heavy atom. The van der Waals surface area contributed by atoms with Gasteiger partial charge in [-0.25, -0.2) is 4.98 Å². The molecule has 1 atom stereocenters. The van der Waals surface area contributed by atoms with Crippen molar-refractivity contribution in [3.8, 4) is 11.4 Å². The zero-order chi connectivity index (χ0) is 27.7. The topological polar surface area (TPSA) is 73.9 Å². The summed E-state index contributed by atoms with van der Waals surface area (Å²) in [7, 11) is 1.54. The third kappa shape index (κ3) is 4.95. The van der Waals surface area contributed by atoms with Crippen LogP contribution < -0.4 is 4.74 Å². The number of ether oxygens (including phenoxy) is 1. The number of fused-ring (bicyclic) bond motifs is 1. The van der Waals surface area contributed by atoms with Gasteiger partial charge in [0.15, 0.2) is 0 Å². The third-order valence-corrected chi connectivity index (χ3v) is 7.24. The number of benzene rings is 3. The third-order valence-electron chi connectivity index (χ3n) is 7.24. The van der Waals surface area contributed by atoms with Crippen molar-refractivity contribution in [2.75, 3.05) is 13.7 Å². The minimum Gasteiger partial charge on any atom is -0.496 e. The number of tetrazole rings is 1. The van der Waals surface area contributed by atoms with Crippen LogP contribution in [-0.4, -0.2) is 48.3 Å². The van der Waals surface area contributed by atoms with Crippen LogP contribution in [-0.2, 0) is 19.3 Å². The summed E-state index contributed by atoms with van der Waals surface area (Å²) in [6.45, 7) is 1.69. The van der Waals surface area contributed by atoms with Gasteiger partial charge in [-0.3, -0.25) is 4.90 Å². The van der Waals surface area contributed by atoms with Gasteiger partial charge in [0.2, 0.25) is 0 Å². The first-order valence-electron chi connectivity index (χ1n) is 12.8. The summed E-state index contributed by atoms with van der Waals surface area (Å²) in [5, 5.41) is 10.0. The van der Waals surface area contributed by atoms with E-state index in [1.54, 1.807) is 19.2 Å². The Kier molecular flexibility index (Phi) is 6.81. The van der Waals surface area contributed by atoms with E-state index in [9.17, 15) is 13.2 Å². The Hall–Kier alpha value is -4.51. The van der Waals surface area contributed by atoms with Crippen molar-refractivity contribution in [1.82, 2.24) is 34.7 Å². The summed E-state index contributed by atoms with van der Waals surface area (Å²) in [4.78, 5) is 6.89. The van der Waals surface area contributed by atoms with Gasteiger partial charge in [-0.2, -0.15) is 17.9 Å². The van der Waals surface area contributed by atoms with Crippen molar-refractivity contribution in [2.24, 2.45) is 0 Å². The van der Waals surface area contributed by atoms with Crippen molar-refractivity contribution >= 4 is 0 Å². The molecule has 3 heterocycles. The predicted octanol–water partition coefficient (Wildman–Crippen LogP) is 5.28. The first-order chi connectivity index (χ1) is 19.4. The monoisotopic (exact) mass is 545 g/mol. The van der Waals surface area contributed by atoms with Gasteiger partial charge in [0.25, 0.3) is 5.82 Å². The Bertz CT molecular complexity index is 1540. The van der Waals surface area contributed by atoms with Crippen LogP contribution in [0.15, 0.2) is 91.3 Å². The van der Waals surface area contributed by atoms with E-state index < -0.39 is 12.0 Å². The van der Waals surface area contributed by atoms with E-state index in [2.05, 4.69) is 54.2 Å². The number of alkyl halides is 3. The molecule has 0 radical (unpaired) electrons. The summed E-state index contributed by atoms with van der Waals surface area (Å²) in [6.07, 6.45) is -0.852. The summed E-state index contributed by atoms with van der Waals surface area (Å²) in [5.74, 6) is 0.362. The minimum atomic E-state index is -4.69. The molecular formula is C29H26F3N7O. The summed E-state index contributed by atoms with van der Waals surface area (Å²) < 4.78 is 49.0. The number of rotatable bonds is 7. The van der Waals surface area contributed by atoms with E-state index in [0.29, 0.717) is 30.1 Å². The average Bonchev–Trinajstić information content (AvgIpc) is 3.65. The van der Waals surface area contributed by atoms with Crippen LogP contribution in [0.1, 0.15) is 40.3 Å². The highest BCUT2D eigenvalue weighted by molar-refractivity contribution is 5.44. The normalized spacial score (nSPS) is 15.8. The maximum absolute atomic E-state index is 13.5. The van der Waals surface area contributed by atoms with Gasteiger partial charge >= 0.3 is 6.18 Å². The molecule has 40 heavy (non-hydrogen) atoms. The van der Waals surface area contributed by atoms with Crippen LogP contribution in [0, 0.1) is 0 Å². The summed E-state index contributed by atoms with van der Waals surface area (Å²) in [5.41, 5.74) is 3.31. The van der Waals surface area contributed by atoms with Gasteiger partial charge in [0.05, 0.1) is 25.4 Å². The fourth-order valence-corrected chi connectivity index (χ4v) is 5.53. The fourth-order valence-electron chi connectivity index (χ4n) is 5.53. The molecule has 5 aromatic rings. The van der Waals surface area contributed by atoms with Crippen LogP contribution in [0.2, 0.25) is 0 Å². The van der Waals surface area contributed by atoms with Crippen LogP contribution in [0.3, 0.4) is 0 Å². The van der Waals surface area contributed by atoms with E-state index in [0.717, 1.165) is 11.4 Å². The molecule has 2 aromatic heterocycles. The molecule has 0 saturated carbocycles. The molecule has 0 N–H and O–H groups in total. The van der Waals surface area contributed by atoms with Crippen molar-refractivity contribution in [2.45, 2.75) is 31.2 Å². The lowest BCUT2D eigenvalue weighted by atomic mass is 9.84. The lowest BCUT2D eigenvalue weighted by Gasteiger charge is -2.39. The van der Waals surface area contributed by atoms with E-state index in [1.807, 2.05) is 48.8 Å². The van der Waals surface area contributed by atoms with E-state index in [4.69, 9.17) is 4.74 Å². The molecule has 204 valence electrons. The second kappa shape index (κ2) is 10.6. The molecule has 1 aliphatic rings.